The van der Waals surface area contributed by atoms with Crippen molar-refractivity contribution in [3.8, 4) is 23.1 Å². The summed E-state index contributed by atoms with van der Waals surface area (Å²) in [6.45, 7) is 8.58. The number of imidazole rings is 1. The van der Waals surface area contributed by atoms with Gasteiger partial charge >= 0.3 is 0 Å². The molecule has 1 saturated heterocycles. The van der Waals surface area contributed by atoms with Gasteiger partial charge in [0.2, 0.25) is 5.82 Å². The maximum atomic E-state index is 15.1. The highest BCUT2D eigenvalue weighted by Gasteiger charge is 2.24. The van der Waals surface area contributed by atoms with Crippen molar-refractivity contribution >= 4 is 23.1 Å². The average molecular weight is 603 g/mol. The van der Waals surface area contributed by atoms with Crippen molar-refractivity contribution in [3.63, 3.8) is 0 Å². The molecule has 0 spiro atoms. The van der Waals surface area contributed by atoms with E-state index in [0.29, 0.717) is 41.5 Å². The van der Waals surface area contributed by atoms with E-state index in [1.54, 1.807) is 10.6 Å². The molecule has 5 rings (SSSR count). The first-order valence-electron chi connectivity index (χ1n) is 14.6. The molecule has 1 fully saturated rings. The minimum Gasteiger partial charge on any atom is -0.473 e. The molecule has 3 heterocycles. The molecule has 4 aromatic rings. The van der Waals surface area contributed by atoms with Crippen molar-refractivity contribution in [2.75, 3.05) is 58.7 Å². The van der Waals surface area contributed by atoms with Gasteiger partial charge < -0.3 is 19.9 Å². The number of hydrogen-bond acceptors (Lipinski definition) is 8. The summed E-state index contributed by atoms with van der Waals surface area (Å²) >= 11 is 0. The molecular formula is C32H36F2N8O2. The number of ether oxygens (including phenoxy) is 1. The molecule has 0 radical (unpaired) electrons. The quantitative estimate of drug-likeness (QED) is 0.278. The van der Waals surface area contributed by atoms with E-state index in [1.165, 1.54) is 31.5 Å². The molecule has 2 aromatic carbocycles. The first-order valence-corrected chi connectivity index (χ1v) is 14.6. The van der Waals surface area contributed by atoms with Crippen molar-refractivity contribution in [1.82, 2.24) is 29.1 Å². The Hall–Kier alpha value is -4.60. The van der Waals surface area contributed by atoms with E-state index in [1.807, 2.05) is 36.1 Å². The molecule has 0 aliphatic carbocycles. The zero-order chi connectivity index (χ0) is 31.4. The van der Waals surface area contributed by atoms with Crippen LogP contribution in [-0.2, 0) is 0 Å². The van der Waals surface area contributed by atoms with Crippen LogP contribution in [0.5, 0.6) is 5.75 Å². The number of nitrogens with one attached hydrogen (secondary N) is 1. The molecule has 1 aliphatic rings. The van der Waals surface area contributed by atoms with Gasteiger partial charge in [0.05, 0.1) is 11.9 Å². The number of benzene rings is 2. The lowest BCUT2D eigenvalue weighted by Crippen LogP contribution is -2.49. The van der Waals surface area contributed by atoms with E-state index in [0.717, 1.165) is 38.2 Å². The van der Waals surface area contributed by atoms with Gasteiger partial charge in [-0.2, -0.15) is 9.65 Å². The number of anilines is 2. The SMILES string of the molecule is Cc1cc(Nc2nccn3c(-c4ccc(OC(C)C#N)c(F)c4F)cnc23)ccc1C(=O)N1CCN(CCCN(C)C)CC1. The van der Waals surface area contributed by atoms with Crippen molar-refractivity contribution in [2.45, 2.75) is 26.4 Å². The summed E-state index contributed by atoms with van der Waals surface area (Å²) in [5.74, 6) is -2.20. The Labute approximate surface area is 255 Å². The molecule has 1 aliphatic heterocycles. The zero-order valence-electron chi connectivity index (χ0n) is 25.3. The number of carbonyl (C=O) groups excluding carboxylic acids is 1. The summed E-state index contributed by atoms with van der Waals surface area (Å²) < 4.78 is 36.6. The molecule has 1 unspecified atom stereocenters. The molecule has 1 atom stereocenters. The highest BCUT2D eigenvalue weighted by Crippen LogP contribution is 2.32. The normalized spacial score (nSPS) is 14.5. The van der Waals surface area contributed by atoms with Crippen molar-refractivity contribution in [2.24, 2.45) is 0 Å². The number of rotatable bonds is 10. The van der Waals surface area contributed by atoms with Crippen LogP contribution in [-0.4, -0.2) is 94.4 Å². The predicted molar refractivity (Wildman–Crippen MR) is 164 cm³/mol. The minimum atomic E-state index is -1.18. The maximum absolute atomic E-state index is 15.1. The van der Waals surface area contributed by atoms with Crippen molar-refractivity contribution in [3.05, 3.63) is 71.7 Å². The molecule has 1 N–H and O–H groups in total. The second-order valence-corrected chi connectivity index (χ2v) is 11.2. The van der Waals surface area contributed by atoms with E-state index in [-0.39, 0.29) is 17.2 Å². The Kier molecular flexibility index (Phi) is 9.37. The third-order valence-corrected chi connectivity index (χ3v) is 7.70. The highest BCUT2D eigenvalue weighted by molar-refractivity contribution is 5.96. The number of nitrogens with zero attached hydrogens (tertiary/aromatic N) is 7. The van der Waals surface area contributed by atoms with Crippen LogP contribution in [0.1, 0.15) is 29.3 Å². The first kappa shape index (κ1) is 30.8. The molecule has 0 saturated carbocycles. The molecule has 230 valence electrons. The highest BCUT2D eigenvalue weighted by atomic mass is 19.2. The summed E-state index contributed by atoms with van der Waals surface area (Å²) in [5.41, 5.74) is 2.89. The van der Waals surface area contributed by atoms with Gasteiger partial charge in [-0.05, 0) is 83.3 Å². The summed E-state index contributed by atoms with van der Waals surface area (Å²) in [6.07, 6.45) is 4.76. The summed E-state index contributed by atoms with van der Waals surface area (Å²) in [4.78, 5) is 28.7. The van der Waals surface area contributed by atoms with Gasteiger partial charge in [0.15, 0.2) is 29.1 Å². The second kappa shape index (κ2) is 13.4. The third-order valence-electron chi connectivity index (χ3n) is 7.70. The minimum absolute atomic E-state index is 0.0165. The standard InChI is InChI=1S/C32H36F2N8O2/c1-21-18-23(6-7-24(21)32(43)41-16-14-40(15-17-41)12-5-11-39(3)4)38-30-31-37-20-26(42(31)13-10-36-30)25-8-9-27(29(34)28(25)33)44-22(2)19-35/h6-10,13,18,20,22H,5,11-12,14-17H2,1-4H3,(H,36,38). The topological polar surface area (TPSA) is 102 Å². The average Bonchev–Trinajstić information content (AvgIpc) is 3.44. The number of fused-ring (bicyclic) bond motifs is 1. The second-order valence-electron chi connectivity index (χ2n) is 11.2. The van der Waals surface area contributed by atoms with E-state index in [9.17, 15) is 9.18 Å². The number of amides is 1. The van der Waals surface area contributed by atoms with Crippen LogP contribution in [0.4, 0.5) is 20.3 Å². The maximum Gasteiger partial charge on any atom is 0.254 e. The number of nitriles is 1. The van der Waals surface area contributed by atoms with Gasteiger partial charge in [-0.15, -0.1) is 0 Å². The fraction of sp³-hybridized carbons (Fsp3) is 0.375. The predicted octanol–water partition coefficient (Wildman–Crippen LogP) is 4.73. The number of carbonyl (C=O) groups is 1. The van der Waals surface area contributed by atoms with Crippen molar-refractivity contribution < 1.29 is 18.3 Å². The summed E-state index contributed by atoms with van der Waals surface area (Å²) in [7, 11) is 4.16. The van der Waals surface area contributed by atoms with Crippen LogP contribution in [0.2, 0.25) is 0 Å². The van der Waals surface area contributed by atoms with Crippen molar-refractivity contribution in [1.29, 1.82) is 5.26 Å². The lowest BCUT2D eigenvalue weighted by molar-refractivity contribution is 0.0633. The van der Waals surface area contributed by atoms with E-state index in [4.69, 9.17) is 10.00 Å². The lowest BCUT2D eigenvalue weighted by Gasteiger charge is -2.35. The van der Waals surface area contributed by atoms with Crippen LogP contribution in [0.25, 0.3) is 16.9 Å². The number of aromatic nitrogens is 3. The summed E-state index contributed by atoms with van der Waals surface area (Å²) in [6, 6.07) is 10.0. The van der Waals surface area contributed by atoms with Crippen LogP contribution in [0.3, 0.4) is 0 Å². The molecule has 0 bridgehead atoms. The third kappa shape index (κ3) is 6.64. The molecule has 2 aromatic heterocycles. The van der Waals surface area contributed by atoms with Crippen LogP contribution in [0, 0.1) is 29.9 Å². The molecule has 44 heavy (non-hydrogen) atoms. The number of piperazine rings is 1. The molecular weight excluding hydrogens is 566 g/mol. The Morgan fingerprint density at radius 3 is 2.61 bits per heavy atom. The Morgan fingerprint density at radius 1 is 1.14 bits per heavy atom. The Bertz CT molecular complexity index is 1690. The fourth-order valence-corrected chi connectivity index (χ4v) is 5.32. The number of aryl methyl sites for hydroxylation is 1. The monoisotopic (exact) mass is 602 g/mol. The van der Waals surface area contributed by atoms with Crippen LogP contribution < -0.4 is 10.1 Å². The van der Waals surface area contributed by atoms with Gasteiger partial charge in [-0.25, -0.2) is 14.4 Å². The van der Waals surface area contributed by atoms with Crippen LogP contribution >= 0.6 is 0 Å². The van der Waals surface area contributed by atoms with Gasteiger partial charge in [0, 0.05) is 55.4 Å². The van der Waals surface area contributed by atoms with Gasteiger partial charge in [-0.1, -0.05) is 0 Å². The fourth-order valence-electron chi connectivity index (χ4n) is 5.32. The first-order chi connectivity index (χ1) is 21.2. The molecule has 1 amide bonds. The molecule has 10 nitrogen and oxygen atoms in total. The largest absolute Gasteiger partial charge is 0.473 e. The van der Waals surface area contributed by atoms with E-state index in [2.05, 4.69) is 39.2 Å². The van der Waals surface area contributed by atoms with E-state index < -0.39 is 17.7 Å². The Morgan fingerprint density at radius 2 is 1.91 bits per heavy atom. The number of halogens is 2. The smallest absolute Gasteiger partial charge is 0.254 e. The Balaban J connectivity index is 1.29. The van der Waals surface area contributed by atoms with E-state index >= 15 is 4.39 Å². The van der Waals surface area contributed by atoms with Gasteiger partial charge in [-0.3, -0.25) is 14.1 Å². The van der Waals surface area contributed by atoms with Crippen LogP contribution in [0.15, 0.2) is 48.9 Å². The summed E-state index contributed by atoms with van der Waals surface area (Å²) in [5, 5.41) is 12.2. The van der Waals surface area contributed by atoms with Gasteiger partial charge in [0.1, 0.15) is 6.07 Å². The number of hydrogen-bond donors (Lipinski definition) is 1. The lowest BCUT2D eigenvalue weighted by atomic mass is 10.1. The zero-order valence-corrected chi connectivity index (χ0v) is 25.3. The van der Waals surface area contributed by atoms with Gasteiger partial charge in [0.25, 0.3) is 5.91 Å². The molecule has 12 heteroatoms.